The molecule has 0 spiro atoms. The molecule has 5 nitrogen and oxygen atoms in total. The Kier molecular flexibility index (Phi) is 5.20. The van der Waals surface area contributed by atoms with Crippen molar-refractivity contribution >= 4 is 11.9 Å². The molecule has 1 amide bonds. The lowest BCUT2D eigenvalue weighted by Crippen LogP contribution is -2.23. The third-order valence-corrected chi connectivity index (χ3v) is 2.81. The van der Waals surface area contributed by atoms with Crippen molar-refractivity contribution in [3.8, 4) is 0 Å². The van der Waals surface area contributed by atoms with Gasteiger partial charge in [-0.05, 0) is 24.1 Å². The fourth-order valence-corrected chi connectivity index (χ4v) is 1.66. The highest BCUT2D eigenvalue weighted by Crippen LogP contribution is 2.04. The molecule has 0 saturated heterocycles. The lowest BCUT2D eigenvalue weighted by molar-refractivity contribution is 0.0950. The number of aromatic nitrogens is 2. The number of nitrogens with zero attached hydrogens (tertiary/aromatic N) is 2. The topological polar surface area (TPSA) is 66.9 Å². The summed E-state index contributed by atoms with van der Waals surface area (Å²) in [5.74, 6) is -0.0538. The molecule has 2 N–H and O–H groups in total. The molecular formula is C15H17FN4O. The van der Waals surface area contributed by atoms with Crippen LogP contribution in [-0.2, 0) is 6.54 Å². The van der Waals surface area contributed by atoms with Gasteiger partial charge in [-0.1, -0.05) is 19.1 Å². The monoisotopic (exact) mass is 288 g/mol. The number of benzene rings is 1. The van der Waals surface area contributed by atoms with E-state index in [1.165, 1.54) is 24.5 Å². The lowest BCUT2D eigenvalue weighted by Gasteiger charge is -2.06. The molecule has 0 aliphatic rings. The van der Waals surface area contributed by atoms with Gasteiger partial charge >= 0.3 is 0 Å². The van der Waals surface area contributed by atoms with Crippen LogP contribution in [0.15, 0.2) is 36.7 Å². The smallest absolute Gasteiger partial charge is 0.254 e. The quantitative estimate of drug-likeness (QED) is 0.856. The molecule has 0 fully saturated rings. The van der Waals surface area contributed by atoms with E-state index in [2.05, 4.69) is 20.6 Å². The largest absolute Gasteiger partial charge is 0.354 e. The second kappa shape index (κ2) is 7.33. The number of amides is 1. The maximum atomic E-state index is 12.8. The van der Waals surface area contributed by atoms with E-state index in [0.717, 1.165) is 18.5 Å². The Bertz CT molecular complexity index is 584. The average molecular weight is 288 g/mol. The number of anilines is 1. The zero-order valence-electron chi connectivity index (χ0n) is 11.8. The van der Waals surface area contributed by atoms with Gasteiger partial charge in [-0.2, -0.15) is 0 Å². The summed E-state index contributed by atoms with van der Waals surface area (Å²) in [5.41, 5.74) is 1.21. The van der Waals surface area contributed by atoms with E-state index < -0.39 is 0 Å². The normalized spacial score (nSPS) is 10.2. The van der Waals surface area contributed by atoms with Gasteiger partial charge in [-0.25, -0.2) is 14.4 Å². The number of hydrogen-bond donors (Lipinski definition) is 2. The van der Waals surface area contributed by atoms with Crippen LogP contribution in [0.25, 0.3) is 0 Å². The molecule has 0 aliphatic carbocycles. The molecule has 0 atom stereocenters. The average Bonchev–Trinajstić information content (AvgIpc) is 2.52. The Hall–Kier alpha value is -2.50. The number of hydrogen-bond acceptors (Lipinski definition) is 4. The van der Waals surface area contributed by atoms with Crippen molar-refractivity contribution in [2.75, 3.05) is 11.9 Å². The van der Waals surface area contributed by atoms with Crippen LogP contribution < -0.4 is 10.6 Å². The molecule has 1 aromatic heterocycles. The second-order valence-corrected chi connectivity index (χ2v) is 4.53. The van der Waals surface area contributed by atoms with Crippen LogP contribution in [0.1, 0.15) is 29.3 Å². The number of nitrogens with one attached hydrogen (secondary N) is 2. The van der Waals surface area contributed by atoms with E-state index in [-0.39, 0.29) is 11.7 Å². The van der Waals surface area contributed by atoms with Crippen molar-refractivity contribution in [3.63, 3.8) is 0 Å². The highest BCUT2D eigenvalue weighted by atomic mass is 19.1. The number of halogens is 1. The molecule has 21 heavy (non-hydrogen) atoms. The van der Waals surface area contributed by atoms with Gasteiger partial charge in [0.2, 0.25) is 5.95 Å². The summed E-state index contributed by atoms with van der Waals surface area (Å²) in [6.07, 6.45) is 3.93. The van der Waals surface area contributed by atoms with Crippen LogP contribution >= 0.6 is 0 Å². The zero-order valence-corrected chi connectivity index (χ0v) is 11.8. The lowest BCUT2D eigenvalue weighted by atomic mass is 10.2. The van der Waals surface area contributed by atoms with Gasteiger partial charge in [0.25, 0.3) is 5.91 Å². The highest BCUT2D eigenvalue weighted by Gasteiger charge is 2.06. The first-order valence-corrected chi connectivity index (χ1v) is 6.77. The van der Waals surface area contributed by atoms with Crippen LogP contribution in [0.5, 0.6) is 0 Å². The van der Waals surface area contributed by atoms with E-state index in [1.54, 1.807) is 12.1 Å². The minimum absolute atomic E-state index is 0.263. The Morgan fingerprint density at radius 1 is 1.19 bits per heavy atom. The Morgan fingerprint density at radius 2 is 1.86 bits per heavy atom. The minimum Gasteiger partial charge on any atom is -0.354 e. The van der Waals surface area contributed by atoms with Gasteiger partial charge < -0.3 is 10.6 Å². The summed E-state index contributed by atoms with van der Waals surface area (Å²) in [4.78, 5) is 20.1. The molecule has 1 heterocycles. The van der Waals surface area contributed by atoms with Crippen molar-refractivity contribution in [2.45, 2.75) is 19.9 Å². The molecule has 0 aliphatic heterocycles. The van der Waals surface area contributed by atoms with Gasteiger partial charge in [-0.15, -0.1) is 0 Å². The molecule has 0 unspecified atom stereocenters. The first-order valence-electron chi connectivity index (χ1n) is 6.77. The molecule has 2 aromatic rings. The first-order chi connectivity index (χ1) is 10.2. The van der Waals surface area contributed by atoms with Gasteiger partial charge in [0.1, 0.15) is 5.82 Å². The van der Waals surface area contributed by atoms with E-state index in [4.69, 9.17) is 0 Å². The predicted octanol–water partition coefficient (Wildman–Crippen LogP) is 2.37. The summed E-state index contributed by atoms with van der Waals surface area (Å²) in [7, 11) is 0. The van der Waals surface area contributed by atoms with Crippen molar-refractivity contribution in [1.82, 2.24) is 15.3 Å². The summed E-state index contributed by atoms with van der Waals surface area (Å²) in [5, 5.41) is 5.77. The van der Waals surface area contributed by atoms with Crippen LogP contribution in [0.4, 0.5) is 10.3 Å². The van der Waals surface area contributed by atoms with Gasteiger partial charge in [-0.3, -0.25) is 4.79 Å². The summed E-state index contributed by atoms with van der Waals surface area (Å²) >= 11 is 0. The maximum absolute atomic E-state index is 12.8. The van der Waals surface area contributed by atoms with Gasteiger partial charge in [0, 0.05) is 25.5 Å². The maximum Gasteiger partial charge on any atom is 0.254 e. The Morgan fingerprint density at radius 3 is 2.48 bits per heavy atom. The minimum atomic E-state index is -0.298. The van der Waals surface area contributed by atoms with E-state index in [1.807, 2.05) is 6.92 Å². The molecule has 6 heteroatoms. The van der Waals surface area contributed by atoms with Crippen LogP contribution in [0.2, 0.25) is 0 Å². The van der Waals surface area contributed by atoms with E-state index >= 15 is 0 Å². The number of carbonyl (C=O) groups excluding carboxylic acids is 1. The predicted molar refractivity (Wildman–Crippen MR) is 78.4 cm³/mol. The van der Waals surface area contributed by atoms with Crippen LogP contribution in [0, 0.1) is 5.82 Å². The fraction of sp³-hybridized carbons (Fsp3) is 0.267. The SMILES string of the molecule is CCCNc1ncc(C(=O)NCc2ccc(F)cc2)cn1. The molecule has 110 valence electrons. The molecular weight excluding hydrogens is 271 g/mol. The molecule has 1 aromatic carbocycles. The zero-order chi connectivity index (χ0) is 15.1. The van der Waals surface area contributed by atoms with Gasteiger partial charge in [0.05, 0.1) is 5.56 Å². The Labute approximate surface area is 122 Å². The van der Waals surface area contributed by atoms with Crippen LogP contribution in [0.3, 0.4) is 0 Å². The highest BCUT2D eigenvalue weighted by molar-refractivity contribution is 5.93. The molecule has 0 radical (unpaired) electrons. The number of rotatable bonds is 6. The van der Waals surface area contributed by atoms with Crippen molar-refractivity contribution < 1.29 is 9.18 Å². The molecule has 0 saturated carbocycles. The van der Waals surface area contributed by atoms with E-state index in [9.17, 15) is 9.18 Å². The summed E-state index contributed by atoms with van der Waals surface area (Å²) in [6.45, 7) is 3.16. The third-order valence-electron chi connectivity index (χ3n) is 2.81. The summed E-state index contributed by atoms with van der Waals surface area (Å²) < 4.78 is 12.8. The van der Waals surface area contributed by atoms with Gasteiger partial charge in [0.15, 0.2) is 0 Å². The van der Waals surface area contributed by atoms with E-state index in [0.29, 0.717) is 18.1 Å². The second-order valence-electron chi connectivity index (χ2n) is 4.53. The fourth-order valence-electron chi connectivity index (χ4n) is 1.66. The summed E-state index contributed by atoms with van der Waals surface area (Å²) in [6, 6.07) is 5.98. The van der Waals surface area contributed by atoms with Crippen molar-refractivity contribution in [1.29, 1.82) is 0 Å². The number of carbonyl (C=O) groups is 1. The van der Waals surface area contributed by atoms with Crippen molar-refractivity contribution in [3.05, 3.63) is 53.6 Å². The van der Waals surface area contributed by atoms with Crippen molar-refractivity contribution in [2.24, 2.45) is 0 Å². The van der Waals surface area contributed by atoms with Crippen LogP contribution in [-0.4, -0.2) is 22.4 Å². The molecule has 2 rings (SSSR count). The Balaban J connectivity index is 1.89. The third kappa shape index (κ3) is 4.52. The molecule has 0 bridgehead atoms. The first kappa shape index (κ1) is 14.9. The standard InChI is InChI=1S/C15H17FN4O/c1-2-7-17-15-19-9-12(10-20-15)14(21)18-8-11-3-5-13(16)6-4-11/h3-6,9-10H,2,7-8H2,1H3,(H,18,21)(H,17,19,20).